The van der Waals surface area contributed by atoms with E-state index >= 15 is 0 Å². The number of hydrogen-bond acceptors (Lipinski definition) is 4. The lowest BCUT2D eigenvalue weighted by atomic mass is 10.1. The molecule has 2 aromatic rings. The minimum absolute atomic E-state index is 0.0447. The normalized spacial score (nSPS) is 10.5. The molecule has 0 aliphatic heterocycles. The van der Waals surface area contributed by atoms with Crippen LogP contribution in [0.25, 0.3) is 0 Å². The molecular weight excluding hydrogens is 296 g/mol. The van der Waals surface area contributed by atoms with Crippen molar-refractivity contribution < 1.29 is 4.79 Å². The SMILES string of the molecule is C=CCn1c(C)nnc1SCC(=O)Nc1ccccc1CC. The number of nitrogens with zero attached hydrogens (tertiary/aromatic N) is 3. The molecule has 6 heteroatoms. The highest BCUT2D eigenvalue weighted by molar-refractivity contribution is 7.99. The molecule has 1 aromatic carbocycles. The fraction of sp³-hybridized carbons (Fsp3) is 0.312. The number of thioether (sulfide) groups is 1. The number of carbonyl (C=O) groups excluding carboxylic acids is 1. The van der Waals surface area contributed by atoms with Crippen molar-refractivity contribution in [3.8, 4) is 0 Å². The van der Waals surface area contributed by atoms with Gasteiger partial charge in [0, 0.05) is 12.2 Å². The summed E-state index contributed by atoms with van der Waals surface area (Å²) in [6.45, 7) is 8.32. The minimum atomic E-state index is -0.0447. The fourth-order valence-corrected chi connectivity index (χ4v) is 2.87. The molecule has 0 saturated heterocycles. The average Bonchev–Trinajstić information content (AvgIpc) is 2.87. The smallest absolute Gasteiger partial charge is 0.234 e. The van der Waals surface area contributed by atoms with Crippen LogP contribution in [0.15, 0.2) is 42.1 Å². The van der Waals surface area contributed by atoms with Gasteiger partial charge in [-0.1, -0.05) is 43.0 Å². The summed E-state index contributed by atoms with van der Waals surface area (Å²) in [4.78, 5) is 12.1. The highest BCUT2D eigenvalue weighted by Gasteiger charge is 2.11. The van der Waals surface area contributed by atoms with Gasteiger partial charge >= 0.3 is 0 Å². The Morgan fingerprint density at radius 1 is 1.41 bits per heavy atom. The summed E-state index contributed by atoms with van der Waals surface area (Å²) in [6, 6.07) is 7.84. The number of hydrogen-bond donors (Lipinski definition) is 1. The van der Waals surface area contributed by atoms with E-state index in [0.29, 0.717) is 12.3 Å². The maximum absolute atomic E-state index is 12.1. The number of benzene rings is 1. The topological polar surface area (TPSA) is 59.8 Å². The molecule has 0 atom stereocenters. The summed E-state index contributed by atoms with van der Waals surface area (Å²) in [6.07, 6.45) is 2.68. The Labute approximate surface area is 134 Å². The second-order valence-electron chi connectivity index (χ2n) is 4.78. The lowest BCUT2D eigenvalue weighted by Crippen LogP contribution is -2.15. The van der Waals surface area contributed by atoms with Crippen LogP contribution in [0.5, 0.6) is 0 Å². The summed E-state index contributed by atoms with van der Waals surface area (Å²) in [5.74, 6) is 1.07. The van der Waals surface area contributed by atoms with Crippen molar-refractivity contribution >= 4 is 23.4 Å². The van der Waals surface area contributed by atoms with Gasteiger partial charge in [-0.05, 0) is 25.0 Å². The number of aromatic nitrogens is 3. The molecule has 1 aromatic heterocycles. The number of rotatable bonds is 7. The third kappa shape index (κ3) is 3.98. The molecule has 22 heavy (non-hydrogen) atoms. The third-order valence-electron chi connectivity index (χ3n) is 3.22. The van der Waals surface area contributed by atoms with Crippen LogP contribution in [0.2, 0.25) is 0 Å². The zero-order valence-electron chi connectivity index (χ0n) is 12.9. The number of amides is 1. The predicted molar refractivity (Wildman–Crippen MR) is 90.1 cm³/mol. The van der Waals surface area contributed by atoms with E-state index < -0.39 is 0 Å². The van der Waals surface area contributed by atoms with Crippen LogP contribution in [0.1, 0.15) is 18.3 Å². The number of para-hydroxylation sites is 1. The first-order chi connectivity index (χ1) is 10.7. The fourth-order valence-electron chi connectivity index (χ4n) is 2.07. The molecule has 2 rings (SSSR count). The van der Waals surface area contributed by atoms with Crippen LogP contribution >= 0.6 is 11.8 Å². The zero-order valence-corrected chi connectivity index (χ0v) is 13.7. The van der Waals surface area contributed by atoms with E-state index in [1.54, 1.807) is 6.08 Å². The van der Waals surface area contributed by atoms with Crippen LogP contribution in [0.3, 0.4) is 0 Å². The highest BCUT2D eigenvalue weighted by Crippen LogP contribution is 2.19. The van der Waals surface area contributed by atoms with Gasteiger partial charge in [0.15, 0.2) is 5.16 Å². The largest absolute Gasteiger partial charge is 0.325 e. The van der Waals surface area contributed by atoms with E-state index in [2.05, 4.69) is 29.0 Å². The molecule has 1 heterocycles. The summed E-state index contributed by atoms with van der Waals surface area (Å²) in [5.41, 5.74) is 2.01. The van der Waals surface area contributed by atoms with Crippen LogP contribution in [-0.2, 0) is 17.8 Å². The van der Waals surface area contributed by atoms with E-state index in [4.69, 9.17) is 0 Å². The Morgan fingerprint density at radius 3 is 2.91 bits per heavy atom. The Bertz CT molecular complexity index is 666. The van der Waals surface area contributed by atoms with Gasteiger partial charge in [0.1, 0.15) is 5.82 Å². The molecule has 5 nitrogen and oxygen atoms in total. The standard InChI is InChI=1S/C16H20N4OS/c1-4-10-20-12(3)18-19-16(20)22-11-15(21)17-14-9-7-6-8-13(14)5-2/h4,6-9H,1,5,10-11H2,2-3H3,(H,17,21). The van der Waals surface area contributed by atoms with E-state index in [-0.39, 0.29) is 5.91 Å². The summed E-state index contributed by atoms with van der Waals surface area (Å²) < 4.78 is 1.94. The molecule has 0 bridgehead atoms. The average molecular weight is 316 g/mol. The predicted octanol–water partition coefficient (Wildman–Crippen LogP) is 3.07. The van der Waals surface area contributed by atoms with Gasteiger partial charge in [-0.3, -0.25) is 4.79 Å². The Balaban J connectivity index is 1.97. The maximum atomic E-state index is 12.1. The summed E-state index contributed by atoms with van der Waals surface area (Å²) in [5, 5.41) is 11.8. The molecule has 0 unspecified atom stereocenters. The van der Waals surface area contributed by atoms with Gasteiger partial charge in [0.2, 0.25) is 5.91 Å². The van der Waals surface area contributed by atoms with E-state index in [0.717, 1.165) is 28.7 Å². The van der Waals surface area contributed by atoms with Gasteiger partial charge < -0.3 is 9.88 Å². The van der Waals surface area contributed by atoms with Crippen molar-refractivity contribution in [1.29, 1.82) is 0 Å². The molecular formula is C16H20N4OS. The van der Waals surface area contributed by atoms with Gasteiger partial charge in [0.05, 0.1) is 5.75 Å². The van der Waals surface area contributed by atoms with Crippen molar-refractivity contribution in [2.75, 3.05) is 11.1 Å². The molecule has 0 aliphatic rings. The zero-order chi connectivity index (χ0) is 15.9. The van der Waals surface area contributed by atoms with Crippen molar-refractivity contribution in [2.24, 2.45) is 0 Å². The number of carbonyl (C=O) groups is 1. The van der Waals surface area contributed by atoms with Gasteiger partial charge in [0.25, 0.3) is 0 Å². The Morgan fingerprint density at radius 2 is 2.18 bits per heavy atom. The number of aryl methyl sites for hydroxylation is 2. The quantitative estimate of drug-likeness (QED) is 0.630. The number of nitrogens with one attached hydrogen (secondary N) is 1. The number of allylic oxidation sites excluding steroid dienone is 1. The Kier molecular flexibility index (Phi) is 5.77. The molecule has 1 N–H and O–H groups in total. The molecule has 116 valence electrons. The second-order valence-corrected chi connectivity index (χ2v) is 5.72. The lowest BCUT2D eigenvalue weighted by Gasteiger charge is -2.09. The van der Waals surface area contributed by atoms with E-state index in [9.17, 15) is 4.79 Å². The maximum Gasteiger partial charge on any atom is 0.234 e. The van der Waals surface area contributed by atoms with Crippen LogP contribution in [-0.4, -0.2) is 26.4 Å². The van der Waals surface area contributed by atoms with Crippen LogP contribution < -0.4 is 5.32 Å². The second kappa shape index (κ2) is 7.79. The van der Waals surface area contributed by atoms with Gasteiger partial charge in [-0.2, -0.15) is 0 Å². The van der Waals surface area contributed by atoms with Gasteiger partial charge in [-0.15, -0.1) is 16.8 Å². The van der Waals surface area contributed by atoms with Crippen LogP contribution in [0, 0.1) is 6.92 Å². The molecule has 0 spiro atoms. The van der Waals surface area contributed by atoms with Crippen molar-refractivity contribution in [3.63, 3.8) is 0 Å². The molecule has 0 aliphatic carbocycles. The number of anilines is 1. The first kappa shape index (κ1) is 16.3. The molecule has 0 radical (unpaired) electrons. The summed E-state index contributed by atoms with van der Waals surface area (Å²) in [7, 11) is 0. The van der Waals surface area contributed by atoms with E-state index in [1.165, 1.54) is 11.8 Å². The Hall–Kier alpha value is -2.08. The third-order valence-corrected chi connectivity index (χ3v) is 4.18. The van der Waals surface area contributed by atoms with Crippen molar-refractivity contribution in [1.82, 2.24) is 14.8 Å². The lowest BCUT2D eigenvalue weighted by molar-refractivity contribution is -0.113. The first-order valence-corrected chi connectivity index (χ1v) is 8.15. The minimum Gasteiger partial charge on any atom is -0.325 e. The van der Waals surface area contributed by atoms with Gasteiger partial charge in [-0.25, -0.2) is 0 Å². The van der Waals surface area contributed by atoms with Crippen molar-refractivity contribution in [2.45, 2.75) is 32.0 Å². The monoisotopic (exact) mass is 316 g/mol. The van der Waals surface area contributed by atoms with Crippen molar-refractivity contribution in [3.05, 3.63) is 48.3 Å². The molecule has 1 amide bonds. The summed E-state index contributed by atoms with van der Waals surface area (Å²) >= 11 is 1.38. The molecule has 0 saturated carbocycles. The molecule has 0 fully saturated rings. The first-order valence-electron chi connectivity index (χ1n) is 7.17. The highest BCUT2D eigenvalue weighted by atomic mass is 32.2. The van der Waals surface area contributed by atoms with E-state index in [1.807, 2.05) is 35.8 Å². The van der Waals surface area contributed by atoms with Crippen LogP contribution in [0.4, 0.5) is 5.69 Å².